The SMILES string of the molecule is O=C(COc1ccc2c(c1)CCC2)N1CCC[C@H]1c1ccccc1Cl. The van der Waals surface area contributed by atoms with Crippen molar-refractivity contribution in [3.63, 3.8) is 0 Å². The molecule has 1 aliphatic carbocycles. The van der Waals surface area contributed by atoms with Crippen LogP contribution in [0.4, 0.5) is 0 Å². The monoisotopic (exact) mass is 355 g/mol. The van der Waals surface area contributed by atoms with Crippen LogP contribution >= 0.6 is 11.6 Å². The Morgan fingerprint density at radius 3 is 2.84 bits per heavy atom. The zero-order valence-electron chi connectivity index (χ0n) is 14.2. The highest BCUT2D eigenvalue weighted by molar-refractivity contribution is 6.31. The van der Waals surface area contributed by atoms with E-state index >= 15 is 0 Å². The number of ether oxygens (including phenoxy) is 1. The maximum Gasteiger partial charge on any atom is 0.261 e. The Kier molecular flexibility index (Phi) is 4.67. The van der Waals surface area contributed by atoms with E-state index in [2.05, 4.69) is 12.1 Å². The fraction of sp³-hybridized carbons (Fsp3) is 0.381. The molecule has 1 amide bonds. The minimum Gasteiger partial charge on any atom is -0.484 e. The molecule has 0 radical (unpaired) electrons. The lowest BCUT2D eigenvalue weighted by atomic mass is 10.0. The molecule has 0 N–H and O–H groups in total. The van der Waals surface area contributed by atoms with Crippen LogP contribution in [0.1, 0.15) is 42.0 Å². The van der Waals surface area contributed by atoms with Crippen LogP contribution in [0.25, 0.3) is 0 Å². The first kappa shape index (κ1) is 16.5. The predicted octanol–water partition coefficient (Wildman–Crippen LogP) is 4.57. The summed E-state index contributed by atoms with van der Waals surface area (Å²) in [7, 11) is 0. The van der Waals surface area contributed by atoms with E-state index in [1.165, 1.54) is 17.5 Å². The van der Waals surface area contributed by atoms with Gasteiger partial charge in [-0.15, -0.1) is 0 Å². The van der Waals surface area contributed by atoms with Crippen LogP contribution in [0.15, 0.2) is 42.5 Å². The summed E-state index contributed by atoms with van der Waals surface area (Å²) in [5.41, 5.74) is 3.81. The largest absolute Gasteiger partial charge is 0.484 e. The molecule has 0 bridgehead atoms. The lowest BCUT2D eigenvalue weighted by Crippen LogP contribution is -2.34. The van der Waals surface area contributed by atoms with Crippen molar-refractivity contribution in [1.82, 2.24) is 4.90 Å². The molecule has 2 aromatic carbocycles. The van der Waals surface area contributed by atoms with E-state index in [4.69, 9.17) is 16.3 Å². The van der Waals surface area contributed by atoms with Crippen molar-refractivity contribution in [3.05, 3.63) is 64.2 Å². The molecular formula is C21H22ClNO2. The number of rotatable bonds is 4. The molecule has 0 aromatic heterocycles. The molecule has 2 aliphatic rings. The molecule has 130 valence electrons. The summed E-state index contributed by atoms with van der Waals surface area (Å²) < 4.78 is 5.80. The summed E-state index contributed by atoms with van der Waals surface area (Å²) in [6.45, 7) is 0.849. The van der Waals surface area contributed by atoms with Crippen molar-refractivity contribution < 1.29 is 9.53 Å². The molecule has 0 spiro atoms. The van der Waals surface area contributed by atoms with Crippen LogP contribution in [0.3, 0.4) is 0 Å². The summed E-state index contributed by atoms with van der Waals surface area (Å²) in [5, 5.41) is 0.728. The third-order valence-corrected chi connectivity index (χ3v) is 5.61. The number of amides is 1. The summed E-state index contributed by atoms with van der Waals surface area (Å²) in [6, 6.07) is 14.1. The van der Waals surface area contributed by atoms with Crippen molar-refractivity contribution in [2.24, 2.45) is 0 Å². The quantitative estimate of drug-likeness (QED) is 0.803. The van der Waals surface area contributed by atoms with Gasteiger partial charge in [-0.25, -0.2) is 0 Å². The first-order valence-corrected chi connectivity index (χ1v) is 9.38. The summed E-state index contributed by atoms with van der Waals surface area (Å²) >= 11 is 6.33. The average Bonchev–Trinajstić information content (AvgIpc) is 3.28. The van der Waals surface area contributed by atoms with E-state index in [0.29, 0.717) is 0 Å². The Hall–Kier alpha value is -2.00. The minimum absolute atomic E-state index is 0.0305. The molecule has 1 aliphatic heterocycles. The van der Waals surface area contributed by atoms with Crippen molar-refractivity contribution in [3.8, 4) is 5.75 Å². The number of carbonyl (C=O) groups is 1. The Bertz CT molecular complexity index is 789. The fourth-order valence-electron chi connectivity index (χ4n) is 4.00. The van der Waals surface area contributed by atoms with Gasteiger partial charge in [0.1, 0.15) is 5.75 Å². The number of likely N-dealkylation sites (tertiary alicyclic amines) is 1. The molecule has 4 rings (SSSR count). The second kappa shape index (κ2) is 7.09. The Morgan fingerprint density at radius 2 is 1.96 bits per heavy atom. The van der Waals surface area contributed by atoms with Gasteiger partial charge in [0.25, 0.3) is 5.91 Å². The third-order valence-electron chi connectivity index (χ3n) is 5.27. The zero-order valence-corrected chi connectivity index (χ0v) is 15.0. The fourth-order valence-corrected chi connectivity index (χ4v) is 4.26. The molecule has 2 aromatic rings. The van der Waals surface area contributed by atoms with Gasteiger partial charge in [-0.05, 0) is 67.0 Å². The van der Waals surface area contributed by atoms with Crippen LogP contribution < -0.4 is 4.74 Å². The number of benzene rings is 2. The normalized spacial score (nSPS) is 19.1. The molecule has 25 heavy (non-hydrogen) atoms. The summed E-state index contributed by atoms with van der Waals surface area (Å²) in [5.74, 6) is 0.824. The van der Waals surface area contributed by atoms with E-state index < -0.39 is 0 Å². The van der Waals surface area contributed by atoms with E-state index in [9.17, 15) is 4.79 Å². The zero-order chi connectivity index (χ0) is 17.2. The van der Waals surface area contributed by atoms with Gasteiger partial charge < -0.3 is 9.64 Å². The molecule has 0 saturated carbocycles. The molecule has 1 fully saturated rings. The van der Waals surface area contributed by atoms with E-state index in [-0.39, 0.29) is 18.6 Å². The first-order chi connectivity index (χ1) is 12.2. The van der Waals surface area contributed by atoms with Crippen LogP contribution in [0.2, 0.25) is 5.02 Å². The lowest BCUT2D eigenvalue weighted by Gasteiger charge is -2.26. The predicted molar refractivity (Wildman–Crippen MR) is 99.1 cm³/mol. The van der Waals surface area contributed by atoms with Gasteiger partial charge in [0.15, 0.2) is 6.61 Å². The standard InChI is InChI=1S/C21H22ClNO2/c22-19-8-2-1-7-18(19)20-9-4-12-23(20)21(24)14-25-17-11-10-15-5-3-6-16(15)13-17/h1-2,7-8,10-11,13,20H,3-6,9,12,14H2/t20-/m0/s1. The Morgan fingerprint density at radius 1 is 1.12 bits per heavy atom. The highest BCUT2D eigenvalue weighted by Crippen LogP contribution is 2.35. The van der Waals surface area contributed by atoms with Gasteiger partial charge in [0.05, 0.1) is 6.04 Å². The molecule has 3 nitrogen and oxygen atoms in total. The molecule has 0 unspecified atom stereocenters. The van der Waals surface area contributed by atoms with Crippen molar-refractivity contribution in [2.45, 2.75) is 38.1 Å². The third kappa shape index (κ3) is 3.38. The number of fused-ring (bicyclic) bond motifs is 1. The summed E-state index contributed by atoms with van der Waals surface area (Å²) in [6.07, 6.45) is 5.43. The van der Waals surface area contributed by atoms with Crippen molar-refractivity contribution >= 4 is 17.5 Å². The van der Waals surface area contributed by atoms with Gasteiger partial charge in [0.2, 0.25) is 0 Å². The highest BCUT2D eigenvalue weighted by Gasteiger charge is 2.31. The van der Waals surface area contributed by atoms with Crippen LogP contribution in [0, 0.1) is 0 Å². The second-order valence-corrected chi connectivity index (χ2v) is 7.25. The van der Waals surface area contributed by atoms with Crippen LogP contribution in [-0.2, 0) is 17.6 Å². The van der Waals surface area contributed by atoms with Crippen molar-refractivity contribution in [1.29, 1.82) is 0 Å². The number of hydrogen-bond donors (Lipinski definition) is 0. The lowest BCUT2D eigenvalue weighted by molar-refractivity contribution is -0.134. The first-order valence-electron chi connectivity index (χ1n) is 9.01. The number of aryl methyl sites for hydroxylation is 2. The van der Waals surface area contributed by atoms with Crippen LogP contribution in [0.5, 0.6) is 5.75 Å². The van der Waals surface area contributed by atoms with Gasteiger partial charge >= 0.3 is 0 Å². The van der Waals surface area contributed by atoms with E-state index in [1.54, 1.807) is 0 Å². The average molecular weight is 356 g/mol. The number of halogens is 1. The number of nitrogens with zero attached hydrogens (tertiary/aromatic N) is 1. The Balaban J connectivity index is 1.43. The molecule has 4 heteroatoms. The maximum atomic E-state index is 12.7. The highest BCUT2D eigenvalue weighted by atomic mass is 35.5. The van der Waals surface area contributed by atoms with Gasteiger partial charge in [-0.3, -0.25) is 4.79 Å². The van der Waals surface area contributed by atoms with Gasteiger partial charge in [0, 0.05) is 11.6 Å². The second-order valence-electron chi connectivity index (χ2n) is 6.84. The maximum absolute atomic E-state index is 12.7. The number of hydrogen-bond acceptors (Lipinski definition) is 2. The molecule has 1 saturated heterocycles. The van der Waals surface area contributed by atoms with Gasteiger partial charge in [-0.1, -0.05) is 35.9 Å². The van der Waals surface area contributed by atoms with Crippen LogP contribution in [-0.4, -0.2) is 24.0 Å². The minimum atomic E-state index is 0.0305. The molecule has 1 atom stereocenters. The Labute approximate surface area is 153 Å². The molecule has 1 heterocycles. The van der Waals surface area contributed by atoms with E-state index in [0.717, 1.165) is 48.6 Å². The smallest absolute Gasteiger partial charge is 0.261 e. The molecular weight excluding hydrogens is 334 g/mol. The van der Waals surface area contributed by atoms with Crippen molar-refractivity contribution in [2.75, 3.05) is 13.2 Å². The summed E-state index contributed by atoms with van der Waals surface area (Å²) in [4.78, 5) is 14.6. The van der Waals surface area contributed by atoms with E-state index in [1.807, 2.05) is 35.2 Å². The topological polar surface area (TPSA) is 29.5 Å². The number of carbonyl (C=O) groups excluding carboxylic acids is 1. The van der Waals surface area contributed by atoms with Gasteiger partial charge in [-0.2, -0.15) is 0 Å².